The van der Waals surface area contributed by atoms with Crippen molar-refractivity contribution in [1.82, 2.24) is 0 Å². The van der Waals surface area contributed by atoms with E-state index in [1.54, 1.807) is 0 Å². The van der Waals surface area contributed by atoms with Crippen molar-refractivity contribution in [3.8, 4) is 0 Å². The number of hydrogen-bond acceptors (Lipinski definition) is 1. The van der Waals surface area contributed by atoms with Gasteiger partial charge in [0.2, 0.25) is 0 Å². The van der Waals surface area contributed by atoms with E-state index in [4.69, 9.17) is 5.11 Å². The Kier molecular flexibility index (Phi) is 25.1. The van der Waals surface area contributed by atoms with Gasteiger partial charge in [0.15, 0.2) is 0 Å². The number of rotatable bonds is 24. The van der Waals surface area contributed by atoms with E-state index in [-0.39, 0.29) is 0 Å². The number of aliphatic carboxylic acids is 1. The summed E-state index contributed by atoms with van der Waals surface area (Å²) in [6.45, 7) is 2.25. The molecule has 0 rings (SSSR count). The van der Waals surface area contributed by atoms with Gasteiger partial charge >= 0.3 is 5.97 Å². The Hall–Kier alpha value is -1.05. The van der Waals surface area contributed by atoms with E-state index in [0.717, 1.165) is 12.8 Å². The summed E-state index contributed by atoms with van der Waals surface area (Å²) in [5.74, 6) is -0.653. The van der Waals surface area contributed by atoms with E-state index >= 15 is 0 Å². The molecule has 2 nitrogen and oxygen atoms in total. The van der Waals surface area contributed by atoms with Crippen LogP contribution in [0.4, 0.5) is 0 Å². The molecule has 0 amide bonds. The van der Waals surface area contributed by atoms with Crippen LogP contribution in [0.25, 0.3) is 0 Å². The molecule has 0 saturated heterocycles. The lowest BCUT2D eigenvalue weighted by Crippen LogP contribution is -1.93. The highest BCUT2D eigenvalue weighted by Crippen LogP contribution is 2.14. The molecule has 0 aromatic carbocycles. The molecule has 0 saturated carbocycles. The Morgan fingerprint density at radius 1 is 0.500 bits per heavy atom. The Labute approximate surface area is 188 Å². The van der Waals surface area contributed by atoms with Gasteiger partial charge in [0.25, 0.3) is 0 Å². The highest BCUT2D eigenvalue weighted by molar-refractivity contribution is 5.66. The standard InChI is InChI=1S/C28H52O2/c1-2-3-4-5-6-7-8-9-10-11-12-13-14-15-16-17-18-19-20-21-22-23-24-25-26-27-28(29)30/h5-6,9-10H,2-4,7-8,11-27H2,1H3,(H,29,30)/b6-5-,10-9-. The van der Waals surface area contributed by atoms with Crippen LogP contribution in [-0.2, 0) is 4.79 Å². The first-order valence-corrected chi connectivity index (χ1v) is 13.3. The van der Waals surface area contributed by atoms with E-state index in [9.17, 15) is 4.79 Å². The van der Waals surface area contributed by atoms with E-state index in [0.29, 0.717) is 6.42 Å². The molecule has 0 aliphatic carbocycles. The lowest BCUT2D eigenvalue weighted by atomic mass is 10.0. The van der Waals surface area contributed by atoms with Gasteiger partial charge in [-0.3, -0.25) is 4.79 Å². The van der Waals surface area contributed by atoms with Crippen molar-refractivity contribution < 1.29 is 9.90 Å². The van der Waals surface area contributed by atoms with Gasteiger partial charge in [0, 0.05) is 6.42 Å². The molecule has 0 radical (unpaired) electrons. The molecule has 0 aliphatic heterocycles. The third-order valence-corrected chi connectivity index (χ3v) is 5.82. The minimum atomic E-state index is -0.653. The van der Waals surface area contributed by atoms with Crippen LogP contribution in [0.2, 0.25) is 0 Å². The number of carboxylic acids is 1. The van der Waals surface area contributed by atoms with Crippen LogP contribution in [0, 0.1) is 0 Å². The average Bonchev–Trinajstić information content (AvgIpc) is 2.73. The van der Waals surface area contributed by atoms with Gasteiger partial charge in [0.1, 0.15) is 0 Å². The third kappa shape index (κ3) is 27.0. The normalized spacial score (nSPS) is 11.8. The summed E-state index contributed by atoms with van der Waals surface area (Å²) >= 11 is 0. The lowest BCUT2D eigenvalue weighted by Gasteiger charge is -2.03. The highest BCUT2D eigenvalue weighted by atomic mass is 16.4. The van der Waals surface area contributed by atoms with Crippen molar-refractivity contribution in [1.29, 1.82) is 0 Å². The molecule has 0 aromatic rings. The molecule has 0 aliphatic rings. The van der Waals surface area contributed by atoms with Crippen LogP contribution in [-0.4, -0.2) is 11.1 Å². The second kappa shape index (κ2) is 26.0. The van der Waals surface area contributed by atoms with Crippen molar-refractivity contribution in [2.75, 3.05) is 0 Å². The van der Waals surface area contributed by atoms with Crippen molar-refractivity contribution in [2.24, 2.45) is 0 Å². The molecule has 176 valence electrons. The first-order valence-electron chi connectivity index (χ1n) is 13.3. The van der Waals surface area contributed by atoms with Crippen LogP contribution < -0.4 is 0 Å². The Bertz CT molecular complexity index is 397. The summed E-state index contributed by atoms with van der Waals surface area (Å²) in [7, 11) is 0. The number of unbranched alkanes of at least 4 members (excludes halogenated alkanes) is 18. The summed E-state index contributed by atoms with van der Waals surface area (Å²) in [6, 6.07) is 0. The first-order chi connectivity index (χ1) is 14.8. The number of allylic oxidation sites excluding steroid dienone is 4. The van der Waals surface area contributed by atoms with Crippen molar-refractivity contribution in [3.05, 3.63) is 24.3 Å². The van der Waals surface area contributed by atoms with Gasteiger partial charge < -0.3 is 5.11 Å². The van der Waals surface area contributed by atoms with Crippen LogP contribution in [0.1, 0.15) is 148 Å². The van der Waals surface area contributed by atoms with Crippen LogP contribution in [0.3, 0.4) is 0 Å². The van der Waals surface area contributed by atoms with E-state index in [2.05, 4.69) is 31.2 Å². The van der Waals surface area contributed by atoms with Gasteiger partial charge in [-0.25, -0.2) is 0 Å². The van der Waals surface area contributed by atoms with Crippen molar-refractivity contribution in [3.63, 3.8) is 0 Å². The average molecular weight is 421 g/mol. The molecule has 0 unspecified atom stereocenters. The van der Waals surface area contributed by atoms with Gasteiger partial charge in [-0.2, -0.15) is 0 Å². The molecular formula is C28H52O2. The Morgan fingerprint density at radius 2 is 0.833 bits per heavy atom. The van der Waals surface area contributed by atoms with E-state index < -0.39 is 5.97 Å². The molecule has 0 fully saturated rings. The molecule has 0 atom stereocenters. The predicted octanol–water partition coefficient (Wildman–Crippen LogP) is 9.79. The first kappa shape index (κ1) is 28.9. The zero-order valence-electron chi connectivity index (χ0n) is 20.2. The smallest absolute Gasteiger partial charge is 0.303 e. The maximum Gasteiger partial charge on any atom is 0.303 e. The fraction of sp³-hybridized carbons (Fsp3) is 0.821. The Morgan fingerprint density at radius 3 is 1.23 bits per heavy atom. The summed E-state index contributed by atoms with van der Waals surface area (Å²) in [6.07, 6.45) is 37.1. The Balaban J connectivity index is 3.10. The fourth-order valence-electron chi connectivity index (χ4n) is 3.82. The summed E-state index contributed by atoms with van der Waals surface area (Å²) in [4.78, 5) is 10.4. The minimum Gasteiger partial charge on any atom is -0.481 e. The molecule has 30 heavy (non-hydrogen) atoms. The van der Waals surface area contributed by atoms with Crippen molar-refractivity contribution >= 4 is 5.97 Å². The monoisotopic (exact) mass is 420 g/mol. The van der Waals surface area contributed by atoms with Gasteiger partial charge in [0.05, 0.1) is 0 Å². The highest BCUT2D eigenvalue weighted by Gasteiger charge is 1.97. The minimum absolute atomic E-state index is 0.342. The zero-order valence-corrected chi connectivity index (χ0v) is 20.2. The molecule has 0 aromatic heterocycles. The number of hydrogen-bond donors (Lipinski definition) is 1. The van der Waals surface area contributed by atoms with Crippen LogP contribution in [0.5, 0.6) is 0 Å². The van der Waals surface area contributed by atoms with Gasteiger partial charge in [-0.05, 0) is 38.5 Å². The largest absolute Gasteiger partial charge is 0.481 e. The van der Waals surface area contributed by atoms with Crippen molar-refractivity contribution in [2.45, 2.75) is 148 Å². The molecular weight excluding hydrogens is 368 g/mol. The molecule has 2 heteroatoms. The topological polar surface area (TPSA) is 37.3 Å². The van der Waals surface area contributed by atoms with E-state index in [1.165, 1.54) is 122 Å². The zero-order chi connectivity index (χ0) is 22.0. The lowest BCUT2D eigenvalue weighted by molar-refractivity contribution is -0.137. The number of carboxylic acid groups (broad SMARTS) is 1. The summed E-state index contributed by atoms with van der Waals surface area (Å²) < 4.78 is 0. The SMILES string of the molecule is CCCC/C=C\CC/C=C\CCCCCCCCCCCCCCCCCC(=O)O. The van der Waals surface area contributed by atoms with Crippen LogP contribution >= 0.6 is 0 Å². The molecule has 1 N–H and O–H groups in total. The van der Waals surface area contributed by atoms with Gasteiger partial charge in [-0.1, -0.05) is 128 Å². The third-order valence-electron chi connectivity index (χ3n) is 5.82. The fourth-order valence-corrected chi connectivity index (χ4v) is 3.82. The molecule has 0 spiro atoms. The molecule has 0 heterocycles. The predicted molar refractivity (Wildman–Crippen MR) is 133 cm³/mol. The van der Waals surface area contributed by atoms with E-state index in [1.807, 2.05) is 0 Å². The van der Waals surface area contributed by atoms with Crippen LogP contribution in [0.15, 0.2) is 24.3 Å². The maximum absolute atomic E-state index is 10.4. The summed E-state index contributed by atoms with van der Waals surface area (Å²) in [5.41, 5.74) is 0. The maximum atomic E-state index is 10.4. The second-order valence-corrected chi connectivity index (χ2v) is 8.90. The summed E-state index contributed by atoms with van der Waals surface area (Å²) in [5, 5.41) is 8.59. The number of carbonyl (C=O) groups is 1. The quantitative estimate of drug-likeness (QED) is 0.125. The van der Waals surface area contributed by atoms with Gasteiger partial charge in [-0.15, -0.1) is 0 Å². The molecule has 0 bridgehead atoms. The second-order valence-electron chi connectivity index (χ2n) is 8.90.